The summed E-state index contributed by atoms with van der Waals surface area (Å²) >= 11 is 0. The summed E-state index contributed by atoms with van der Waals surface area (Å²) in [6.07, 6.45) is 0. The standard InChI is InChI=1S/C26H23N3O5/c1-26(19-9-6-10-21(15-19)34-2)24(32)29(25(33)28-26)16-22(30)17-11-13-20(14-12-17)27-23(31)18-7-4-3-5-8-18/h3-15H,16H2,1-2H3,(H,27,31)(H,28,33). The molecule has 0 aromatic heterocycles. The summed E-state index contributed by atoms with van der Waals surface area (Å²) in [4.78, 5) is 51.7. The third kappa shape index (κ3) is 4.38. The predicted molar refractivity (Wildman–Crippen MR) is 126 cm³/mol. The Morgan fingerprint density at radius 3 is 2.32 bits per heavy atom. The van der Waals surface area contributed by atoms with Crippen molar-refractivity contribution < 1.29 is 23.9 Å². The number of carbonyl (C=O) groups excluding carboxylic acids is 4. The van der Waals surface area contributed by atoms with Crippen LogP contribution in [0.4, 0.5) is 10.5 Å². The Balaban J connectivity index is 1.44. The maximum absolute atomic E-state index is 13.1. The fraction of sp³-hybridized carbons (Fsp3) is 0.154. The maximum atomic E-state index is 13.1. The summed E-state index contributed by atoms with van der Waals surface area (Å²) in [5.74, 6) is -0.643. The minimum atomic E-state index is -1.31. The number of nitrogens with zero attached hydrogens (tertiary/aromatic N) is 1. The van der Waals surface area contributed by atoms with Gasteiger partial charge in [-0.3, -0.25) is 19.3 Å². The highest BCUT2D eigenvalue weighted by molar-refractivity contribution is 6.11. The van der Waals surface area contributed by atoms with Gasteiger partial charge >= 0.3 is 6.03 Å². The van der Waals surface area contributed by atoms with Crippen LogP contribution in [-0.2, 0) is 10.3 Å². The third-order valence-corrected chi connectivity index (χ3v) is 5.72. The Morgan fingerprint density at radius 1 is 0.941 bits per heavy atom. The van der Waals surface area contributed by atoms with E-state index in [1.54, 1.807) is 79.7 Å². The van der Waals surface area contributed by atoms with E-state index in [1.165, 1.54) is 7.11 Å². The molecule has 3 aromatic carbocycles. The summed E-state index contributed by atoms with van der Waals surface area (Å²) in [5.41, 5.74) is 0.593. The zero-order valence-corrected chi connectivity index (χ0v) is 18.7. The number of hydrogen-bond acceptors (Lipinski definition) is 5. The Kier molecular flexibility index (Phi) is 6.14. The van der Waals surface area contributed by atoms with E-state index in [1.807, 2.05) is 6.07 Å². The van der Waals surface area contributed by atoms with Crippen LogP contribution < -0.4 is 15.4 Å². The molecule has 1 atom stereocenters. The van der Waals surface area contributed by atoms with E-state index in [4.69, 9.17) is 4.74 Å². The molecule has 0 aliphatic carbocycles. The van der Waals surface area contributed by atoms with Gasteiger partial charge in [0.25, 0.3) is 11.8 Å². The molecule has 3 aromatic rings. The highest BCUT2D eigenvalue weighted by atomic mass is 16.5. The first-order chi connectivity index (χ1) is 16.3. The van der Waals surface area contributed by atoms with Crippen LogP contribution in [0.3, 0.4) is 0 Å². The number of hydrogen-bond donors (Lipinski definition) is 2. The summed E-state index contributed by atoms with van der Waals surface area (Å²) in [6, 6.07) is 21.3. The largest absolute Gasteiger partial charge is 0.497 e. The Labute approximate surface area is 196 Å². The van der Waals surface area contributed by atoms with Crippen LogP contribution in [0.25, 0.3) is 0 Å². The number of Topliss-reactive ketones (excluding diaryl/α,β-unsaturated/α-hetero) is 1. The molecule has 0 radical (unpaired) electrons. The van der Waals surface area contributed by atoms with Gasteiger partial charge in [0.2, 0.25) is 0 Å². The van der Waals surface area contributed by atoms with Gasteiger partial charge in [0.1, 0.15) is 11.3 Å². The van der Waals surface area contributed by atoms with E-state index < -0.39 is 29.8 Å². The molecule has 4 rings (SSSR count). The van der Waals surface area contributed by atoms with E-state index in [0.29, 0.717) is 28.1 Å². The van der Waals surface area contributed by atoms with Crippen LogP contribution in [0.5, 0.6) is 5.75 Å². The molecule has 8 nitrogen and oxygen atoms in total. The zero-order chi connectivity index (χ0) is 24.3. The number of anilines is 1. The molecule has 1 unspecified atom stereocenters. The van der Waals surface area contributed by atoms with E-state index in [0.717, 1.165) is 4.90 Å². The topological polar surface area (TPSA) is 105 Å². The van der Waals surface area contributed by atoms with Gasteiger partial charge in [-0.2, -0.15) is 0 Å². The number of nitrogens with one attached hydrogen (secondary N) is 2. The molecule has 2 N–H and O–H groups in total. The quantitative estimate of drug-likeness (QED) is 0.417. The normalized spacial score (nSPS) is 17.3. The zero-order valence-electron chi connectivity index (χ0n) is 18.7. The number of methoxy groups -OCH3 is 1. The SMILES string of the molecule is COc1cccc(C2(C)NC(=O)N(CC(=O)c3ccc(NC(=O)c4ccccc4)cc3)C2=O)c1. The van der Waals surface area contributed by atoms with E-state index in [9.17, 15) is 19.2 Å². The van der Waals surface area contributed by atoms with Crippen LogP contribution in [0, 0.1) is 0 Å². The lowest BCUT2D eigenvalue weighted by molar-refractivity contribution is -0.130. The lowest BCUT2D eigenvalue weighted by Crippen LogP contribution is -2.41. The van der Waals surface area contributed by atoms with E-state index in [2.05, 4.69) is 10.6 Å². The molecular formula is C26H23N3O5. The summed E-state index contributed by atoms with van der Waals surface area (Å²) in [6.45, 7) is 1.19. The minimum absolute atomic E-state index is 0.268. The number of imide groups is 1. The number of rotatable bonds is 7. The number of amides is 4. The summed E-state index contributed by atoms with van der Waals surface area (Å²) < 4.78 is 5.21. The molecule has 4 amide bonds. The Bertz CT molecular complexity index is 1260. The van der Waals surface area contributed by atoms with Crippen molar-refractivity contribution >= 4 is 29.3 Å². The second-order valence-electron chi connectivity index (χ2n) is 8.00. The van der Waals surface area contributed by atoms with Crippen molar-refractivity contribution in [3.63, 3.8) is 0 Å². The minimum Gasteiger partial charge on any atom is -0.497 e. The lowest BCUT2D eigenvalue weighted by atomic mass is 9.92. The number of ether oxygens (including phenoxy) is 1. The Morgan fingerprint density at radius 2 is 1.65 bits per heavy atom. The van der Waals surface area contributed by atoms with Crippen molar-refractivity contribution in [3.05, 3.63) is 95.6 Å². The van der Waals surface area contributed by atoms with E-state index in [-0.39, 0.29) is 5.91 Å². The van der Waals surface area contributed by atoms with Gasteiger partial charge in [-0.25, -0.2) is 4.79 Å². The fourth-order valence-corrected chi connectivity index (χ4v) is 3.74. The van der Waals surface area contributed by atoms with Crippen molar-refractivity contribution in [1.29, 1.82) is 0 Å². The number of benzene rings is 3. The molecule has 1 aliphatic rings. The van der Waals surface area contributed by atoms with Gasteiger partial charge in [0.15, 0.2) is 5.78 Å². The molecule has 1 heterocycles. The van der Waals surface area contributed by atoms with Gasteiger partial charge in [-0.05, 0) is 61.0 Å². The van der Waals surface area contributed by atoms with Crippen LogP contribution >= 0.6 is 0 Å². The molecule has 1 aliphatic heterocycles. The van der Waals surface area contributed by atoms with Crippen molar-refractivity contribution in [2.75, 3.05) is 19.0 Å². The molecular weight excluding hydrogens is 434 g/mol. The third-order valence-electron chi connectivity index (χ3n) is 5.72. The summed E-state index contributed by atoms with van der Waals surface area (Å²) in [7, 11) is 1.51. The Hall–Kier alpha value is -4.46. The predicted octanol–water partition coefficient (Wildman–Crippen LogP) is 3.60. The van der Waals surface area contributed by atoms with Gasteiger partial charge < -0.3 is 15.4 Å². The molecule has 8 heteroatoms. The molecule has 0 saturated carbocycles. The van der Waals surface area contributed by atoms with Gasteiger partial charge in [-0.15, -0.1) is 0 Å². The maximum Gasteiger partial charge on any atom is 0.325 e. The average Bonchev–Trinajstić information content (AvgIpc) is 3.08. The highest BCUT2D eigenvalue weighted by Crippen LogP contribution is 2.31. The molecule has 34 heavy (non-hydrogen) atoms. The number of carbonyl (C=O) groups is 4. The molecule has 0 bridgehead atoms. The lowest BCUT2D eigenvalue weighted by Gasteiger charge is -2.22. The van der Waals surface area contributed by atoms with Gasteiger partial charge in [-0.1, -0.05) is 30.3 Å². The van der Waals surface area contributed by atoms with Crippen molar-refractivity contribution in [1.82, 2.24) is 10.2 Å². The average molecular weight is 457 g/mol. The molecule has 1 saturated heterocycles. The number of urea groups is 1. The van der Waals surface area contributed by atoms with Crippen LogP contribution in [-0.4, -0.2) is 42.2 Å². The fourth-order valence-electron chi connectivity index (χ4n) is 3.74. The first kappa shape index (κ1) is 22.7. The van der Waals surface area contributed by atoms with Crippen LogP contribution in [0.15, 0.2) is 78.9 Å². The molecule has 0 spiro atoms. The monoisotopic (exact) mass is 457 g/mol. The van der Waals surface area contributed by atoms with Gasteiger partial charge in [0, 0.05) is 16.8 Å². The van der Waals surface area contributed by atoms with Crippen LogP contribution in [0.1, 0.15) is 33.2 Å². The summed E-state index contributed by atoms with van der Waals surface area (Å²) in [5, 5.41) is 5.44. The van der Waals surface area contributed by atoms with Crippen molar-refractivity contribution in [2.24, 2.45) is 0 Å². The first-order valence-corrected chi connectivity index (χ1v) is 10.6. The molecule has 1 fully saturated rings. The first-order valence-electron chi connectivity index (χ1n) is 10.6. The van der Waals surface area contributed by atoms with E-state index >= 15 is 0 Å². The van der Waals surface area contributed by atoms with Crippen molar-refractivity contribution in [2.45, 2.75) is 12.5 Å². The second-order valence-corrected chi connectivity index (χ2v) is 8.00. The molecule has 172 valence electrons. The smallest absolute Gasteiger partial charge is 0.325 e. The highest BCUT2D eigenvalue weighted by Gasteiger charge is 2.49. The van der Waals surface area contributed by atoms with Gasteiger partial charge in [0.05, 0.1) is 13.7 Å². The van der Waals surface area contributed by atoms with Crippen molar-refractivity contribution in [3.8, 4) is 5.75 Å². The second kappa shape index (κ2) is 9.19. The number of ketones is 1. The van der Waals surface area contributed by atoms with Crippen LogP contribution in [0.2, 0.25) is 0 Å².